The maximum atomic E-state index is 8.87. The first kappa shape index (κ1) is 8.58. The number of rotatable bonds is 1. The molecule has 0 aliphatic rings. The van der Waals surface area contributed by atoms with Gasteiger partial charge in [-0.2, -0.15) is 5.26 Å². The first-order valence-corrected chi connectivity index (χ1v) is 4.46. The van der Waals surface area contributed by atoms with E-state index in [1.165, 1.54) is 5.56 Å². The Bertz CT molecular complexity index is 489. The van der Waals surface area contributed by atoms with E-state index < -0.39 is 0 Å². The predicted octanol–water partition coefficient (Wildman–Crippen LogP) is 2.66. The highest BCUT2D eigenvalue weighted by molar-refractivity contribution is 5.40. The van der Waals surface area contributed by atoms with Gasteiger partial charge in [-0.15, -0.1) is 0 Å². The van der Waals surface area contributed by atoms with Crippen molar-refractivity contribution in [2.45, 2.75) is 6.92 Å². The largest absolute Gasteiger partial charge is 0.308 e. The zero-order valence-corrected chi connectivity index (χ0v) is 7.94. The average Bonchev–Trinajstić information content (AvgIpc) is 2.65. The van der Waals surface area contributed by atoms with E-state index >= 15 is 0 Å². The second-order valence-electron chi connectivity index (χ2n) is 3.21. The Balaban J connectivity index is 2.56. The summed E-state index contributed by atoms with van der Waals surface area (Å²) in [5.41, 5.74) is 2.89. The van der Waals surface area contributed by atoms with E-state index in [1.807, 2.05) is 48.0 Å². The third-order valence-corrected chi connectivity index (χ3v) is 2.14. The Hall–Kier alpha value is -2.01. The van der Waals surface area contributed by atoms with Gasteiger partial charge in [0, 0.05) is 11.9 Å². The van der Waals surface area contributed by atoms with Crippen molar-refractivity contribution in [3.8, 4) is 11.8 Å². The molecule has 2 heteroatoms. The lowest BCUT2D eigenvalue weighted by Gasteiger charge is -2.04. The standard InChI is InChI=1S/C12H10N2/c1-10-4-2-5-11(8-10)14-7-3-6-12(14)9-13/h2-8H,1H3. The number of benzene rings is 1. The minimum absolute atomic E-state index is 0.663. The summed E-state index contributed by atoms with van der Waals surface area (Å²) in [4.78, 5) is 0. The molecule has 0 amide bonds. The number of hydrogen-bond donors (Lipinski definition) is 0. The molecular formula is C12H10N2. The average molecular weight is 182 g/mol. The molecule has 1 aromatic carbocycles. The summed E-state index contributed by atoms with van der Waals surface area (Å²) < 4.78 is 1.88. The molecule has 0 N–H and O–H groups in total. The van der Waals surface area contributed by atoms with Gasteiger partial charge in [0.05, 0.1) is 0 Å². The van der Waals surface area contributed by atoms with Crippen molar-refractivity contribution in [1.29, 1.82) is 5.26 Å². The van der Waals surface area contributed by atoms with Gasteiger partial charge >= 0.3 is 0 Å². The Morgan fingerprint density at radius 1 is 1.21 bits per heavy atom. The van der Waals surface area contributed by atoms with Gasteiger partial charge in [-0.25, -0.2) is 0 Å². The molecule has 0 fully saturated rings. The van der Waals surface area contributed by atoms with E-state index in [0.717, 1.165) is 5.69 Å². The van der Waals surface area contributed by atoms with E-state index in [4.69, 9.17) is 5.26 Å². The summed E-state index contributed by atoms with van der Waals surface area (Å²) in [5, 5.41) is 8.87. The lowest BCUT2D eigenvalue weighted by Crippen LogP contribution is -1.94. The van der Waals surface area contributed by atoms with Gasteiger partial charge in [0.25, 0.3) is 0 Å². The Morgan fingerprint density at radius 2 is 2.07 bits per heavy atom. The van der Waals surface area contributed by atoms with Gasteiger partial charge in [-0.3, -0.25) is 0 Å². The molecule has 14 heavy (non-hydrogen) atoms. The topological polar surface area (TPSA) is 28.7 Å². The molecule has 0 unspecified atom stereocenters. The number of aromatic nitrogens is 1. The summed E-state index contributed by atoms with van der Waals surface area (Å²) in [7, 11) is 0. The van der Waals surface area contributed by atoms with Crippen LogP contribution in [0.4, 0.5) is 0 Å². The van der Waals surface area contributed by atoms with Crippen molar-refractivity contribution in [2.24, 2.45) is 0 Å². The molecule has 1 heterocycles. The molecule has 0 saturated heterocycles. The van der Waals surface area contributed by atoms with Crippen LogP contribution in [0.15, 0.2) is 42.6 Å². The van der Waals surface area contributed by atoms with Gasteiger partial charge < -0.3 is 4.57 Å². The van der Waals surface area contributed by atoms with Crippen LogP contribution < -0.4 is 0 Å². The number of aryl methyl sites for hydroxylation is 1. The van der Waals surface area contributed by atoms with Crippen LogP contribution in [0.25, 0.3) is 5.69 Å². The number of nitrogens with zero attached hydrogens (tertiary/aromatic N) is 2. The van der Waals surface area contributed by atoms with E-state index in [2.05, 4.69) is 12.1 Å². The highest BCUT2D eigenvalue weighted by atomic mass is 15.0. The highest BCUT2D eigenvalue weighted by Gasteiger charge is 2.01. The van der Waals surface area contributed by atoms with Gasteiger partial charge in [0.1, 0.15) is 11.8 Å². The monoisotopic (exact) mass is 182 g/mol. The van der Waals surface area contributed by atoms with E-state index in [-0.39, 0.29) is 0 Å². The Kier molecular flexibility index (Phi) is 2.08. The first-order chi connectivity index (χ1) is 6.81. The summed E-state index contributed by atoms with van der Waals surface area (Å²) >= 11 is 0. The zero-order chi connectivity index (χ0) is 9.97. The lowest BCUT2D eigenvalue weighted by molar-refractivity contribution is 1.05. The fraction of sp³-hybridized carbons (Fsp3) is 0.0833. The van der Waals surface area contributed by atoms with Crippen LogP contribution in [0, 0.1) is 18.3 Å². The summed E-state index contributed by atoms with van der Waals surface area (Å²) in [6.07, 6.45) is 1.90. The maximum absolute atomic E-state index is 8.87. The van der Waals surface area contributed by atoms with Crippen molar-refractivity contribution in [3.63, 3.8) is 0 Å². The molecule has 2 aromatic rings. The van der Waals surface area contributed by atoms with Gasteiger partial charge in [0.2, 0.25) is 0 Å². The van der Waals surface area contributed by atoms with Crippen molar-refractivity contribution in [3.05, 3.63) is 53.9 Å². The third kappa shape index (κ3) is 1.40. The summed E-state index contributed by atoms with van der Waals surface area (Å²) in [6, 6.07) is 13.9. The molecule has 2 nitrogen and oxygen atoms in total. The number of nitriles is 1. The van der Waals surface area contributed by atoms with Crippen LogP contribution in [0.2, 0.25) is 0 Å². The highest BCUT2D eigenvalue weighted by Crippen LogP contribution is 2.13. The molecule has 0 aliphatic carbocycles. The summed E-state index contributed by atoms with van der Waals surface area (Å²) in [5.74, 6) is 0. The number of hydrogen-bond acceptors (Lipinski definition) is 1. The first-order valence-electron chi connectivity index (χ1n) is 4.46. The van der Waals surface area contributed by atoms with Crippen LogP contribution in [0.3, 0.4) is 0 Å². The summed E-state index contributed by atoms with van der Waals surface area (Å²) in [6.45, 7) is 2.04. The van der Waals surface area contributed by atoms with Crippen LogP contribution in [0.1, 0.15) is 11.3 Å². The third-order valence-electron chi connectivity index (χ3n) is 2.14. The zero-order valence-electron chi connectivity index (χ0n) is 7.94. The quantitative estimate of drug-likeness (QED) is 0.666. The smallest absolute Gasteiger partial charge is 0.124 e. The Morgan fingerprint density at radius 3 is 2.79 bits per heavy atom. The van der Waals surface area contributed by atoms with Crippen molar-refractivity contribution >= 4 is 0 Å². The SMILES string of the molecule is Cc1cccc(-n2cccc2C#N)c1. The van der Waals surface area contributed by atoms with Crippen molar-refractivity contribution in [2.75, 3.05) is 0 Å². The van der Waals surface area contributed by atoms with Crippen molar-refractivity contribution in [1.82, 2.24) is 4.57 Å². The molecule has 0 aliphatic heterocycles. The van der Waals surface area contributed by atoms with Gasteiger partial charge in [-0.1, -0.05) is 12.1 Å². The maximum Gasteiger partial charge on any atom is 0.124 e. The second kappa shape index (κ2) is 3.39. The molecule has 0 radical (unpaired) electrons. The van der Waals surface area contributed by atoms with Crippen LogP contribution in [0.5, 0.6) is 0 Å². The van der Waals surface area contributed by atoms with Crippen molar-refractivity contribution < 1.29 is 0 Å². The van der Waals surface area contributed by atoms with Crippen LogP contribution in [-0.2, 0) is 0 Å². The molecule has 1 aromatic heterocycles. The second-order valence-corrected chi connectivity index (χ2v) is 3.21. The minimum Gasteiger partial charge on any atom is -0.308 e. The normalized spacial score (nSPS) is 9.71. The molecule has 0 atom stereocenters. The van der Waals surface area contributed by atoms with Gasteiger partial charge in [-0.05, 0) is 36.8 Å². The fourth-order valence-corrected chi connectivity index (χ4v) is 1.47. The van der Waals surface area contributed by atoms with Crippen LogP contribution >= 0.6 is 0 Å². The minimum atomic E-state index is 0.663. The fourth-order valence-electron chi connectivity index (χ4n) is 1.47. The molecular weight excluding hydrogens is 172 g/mol. The van der Waals surface area contributed by atoms with E-state index in [1.54, 1.807) is 0 Å². The predicted molar refractivity (Wildman–Crippen MR) is 55.2 cm³/mol. The molecule has 2 rings (SSSR count). The van der Waals surface area contributed by atoms with Crippen LogP contribution in [-0.4, -0.2) is 4.57 Å². The Labute approximate surface area is 83.0 Å². The molecule has 0 spiro atoms. The van der Waals surface area contributed by atoms with E-state index in [0.29, 0.717) is 5.69 Å². The van der Waals surface area contributed by atoms with E-state index in [9.17, 15) is 0 Å². The lowest BCUT2D eigenvalue weighted by atomic mass is 10.2. The van der Waals surface area contributed by atoms with Gasteiger partial charge in [0.15, 0.2) is 0 Å². The molecule has 0 saturated carbocycles. The molecule has 0 bridgehead atoms. The molecule has 68 valence electrons.